The smallest absolute Gasteiger partial charge is 0.209 e. The van der Waals surface area contributed by atoms with E-state index in [9.17, 15) is 0 Å². The second kappa shape index (κ2) is 6.06. The number of nitrogen functional groups attached to an aromatic ring is 1. The quantitative estimate of drug-likeness (QED) is 0.850. The van der Waals surface area contributed by atoms with Gasteiger partial charge in [-0.05, 0) is 30.9 Å². The highest BCUT2D eigenvalue weighted by Crippen LogP contribution is 2.27. The van der Waals surface area contributed by atoms with Crippen LogP contribution in [0.5, 0.6) is 0 Å². The fourth-order valence-electron chi connectivity index (χ4n) is 3.31. The second-order valence-electron chi connectivity index (χ2n) is 6.60. The van der Waals surface area contributed by atoms with Gasteiger partial charge >= 0.3 is 0 Å². The van der Waals surface area contributed by atoms with Crippen LogP contribution in [0, 0.1) is 5.92 Å². The molecule has 0 radical (unpaired) electrons. The summed E-state index contributed by atoms with van der Waals surface area (Å²) in [4.78, 5) is 7.16. The van der Waals surface area contributed by atoms with Gasteiger partial charge in [0.2, 0.25) is 5.89 Å². The Bertz CT molecular complexity index is 599. The van der Waals surface area contributed by atoms with Gasteiger partial charge in [0.25, 0.3) is 0 Å². The van der Waals surface area contributed by atoms with Crippen molar-refractivity contribution in [3.05, 3.63) is 24.1 Å². The van der Waals surface area contributed by atoms with Crippen LogP contribution in [0.2, 0.25) is 0 Å². The zero-order valence-electron chi connectivity index (χ0n) is 13.0. The molecule has 1 aromatic carbocycles. The van der Waals surface area contributed by atoms with E-state index in [-0.39, 0.29) is 0 Å². The van der Waals surface area contributed by atoms with E-state index in [0.717, 1.165) is 35.8 Å². The Morgan fingerprint density at radius 2 is 2.10 bits per heavy atom. The highest BCUT2D eigenvalue weighted by atomic mass is 16.3. The monoisotopic (exact) mass is 287 g/mol. The zero-order valence-corrected chi connectivity index (χ0v) is 13.0. The maximum Gasteiger partial charge on any atom is 0.209 e. The van der Waals surface area contributed by atoms with Gasteiger partial charge < -0.3 is 10.2 Å². The van der Waals surface area contributed by atoms with Crippen molar-refractivity contribution in [2.75, 3.05) is 12.3 Å². The van der Waals surface area contributed by atoms with Crippen molar-refractivity contribution in [1.82, 2.24) is 9.88 Å². The number of rotatable bonds is 5. The standard InChI is InChI=1S/C17H25N3O/c1-12(2)10-20(14-5-3-4-6-14)11-17-19-15-8-7-13(18)9-16(15)21-17/h7-9,12,14H,3-6,10-11,18H2,1-2H3. The lowest BCUT2D eigenvalue weighted by Gasteiger charge is -2.29. The van der Waals surface area contributed by atoms with Gasteiger partial charge in [-0.25, -0.2) is 4.98 Å². The zero-order chi connectivity index (χ0) is 14.8. The van der Waals surface area contributed by atoms with Gasteiger partial charge in [0.1, 0.15) is 5.52 Å². The first-order valence-corrected chi connectivity index (χ1v) is 8.01. The van der Waals surface area contributed by atoms with E-state index in [4.69, 9.17) is 10.2 Å². The van der Waals surface area contributed by atoms with Crippen LogP contribution < -0.4 is 5.73 Å². The Kier molecular flexibility index (Phi) is 4.15. The Balaban J connectivity index is 1.79. The Labute approximate surface area is 126 Å². The van der Waals surface area contributed by atoms with Crippen molar-refractivity contribution in [2.24, 2.45) is 5.92 Å². The van der Waals surface area contributed by atoms with E-state index in [2.05, 4.69) is 23.7 Å². The lowest BCUT2D eigenvalue weighted by atomic mass is 10.1. The summed E-state index contributed by atoms with van der Waals surface area (Å²) in [6, 6.07) is 6.35. The normalized spacial score (nSPS) is 16.6. The molecule has 3 rings (SSSR count). The molecular formula is C17H25N3O. The molecule has 1 aliphatic rings. The van der Waals surface area contributed by atoms with Gasteiger partial charge in [-0.15, -0.1) is 0 Å². The molecule has 1 saturated carbocycles. The lowest BCUT2D eigenvalue weighted by Crippen LogP contribution is -2.35. The van der Waals surface area contributed by atoms with Gasteiger partial charge in [-0.3, -0.25) is 4.90 Å². The van der Waals surface area contributed by atoms with Crippen LogP contribution in [0.4, 0.5) is 5.69 Å². The number of anilines is 1. The Morgan fingerprint density at radius 1 is 1.33 bits per heavy atom. The predicted octanol–water partition coefficient (Wildman–Crippen LogP) is 3.81. The van der Waals surface area contributed by atoms with Crippen LogP contribution in [-0.2, 0) is 6.54 Å². The number of aromatic nitrogens is 1. The van der Waals surface area contributed by atoms with Crippen molar-refractivity contribution in [2.45, 2.75) is 52.1 Å². The summed E-state index contributed by atoms with van der Waals surface area (Å²) in [6.45, 7) is 6.45. The minimum Gasteiger partial charge on any atom is -0.439 e. The summed E-state index contributed by atoms with van der Waals surface area (Å²) in [5, 5.41) is 0. The molecule has 0 unspecified atom stereocenters. The van der Waals surface area contributed by atoms with Crippen LogP contribution in [0.1, 0.15) is 45.4 Å². The molecule has 1 aromatic heterocycles. The Hall–Kier alpha value is -1.55. The number of nitrogens with two attached hydrogens (primary N) is 1. The molecule has 21 heavy (non-hydrogen) atoms. The molecular weight excluding hydrogens is 262 g/mol. The number of fused-ring (bicyclic) bond motifs is 1. The number of nitrogens with zero attached hydrogens (tertiary/aromatic N) is 2. The van der Waals surface area contributed by atoms with Crippen LogP contribution in [0.25, 0.3) is 11.1 Å². The summed E-state index contributed by atoms with van der Waals surface area (Å²) in [7, 11) is 0. The van der Waals surface area contributed by atoms with E-state index < -0.39 is 0 Å². The lowest BCUT2D eigenvalue weighted by molar-refractivity contribution is 0.155. The van der Waals surface area contributed by atoms with E-state index >= 15 is 0 Å². The highest BCUT2D eigenvalue weighted by Gasteiger charge is 2.24. The second-order valence-corrected chi connectivity index (χ2v) is 6.60. The molecule has 2 aromatic rings. The van der Waals surface area contributed by atoms with E-state index in [0.29, 0.717) is 12.0 Å². The highest BCUT2D eigenvalue weighted by molar-refractivity contribution is 5.76. The van der Waals surface area contributed by atoms with Crippen LogP contribution in [0.15, 0.2) is 22.6 Å². The minimum atomic E-state index is 0.658. The van der Waals surface area contributed by atoms with Crippen molar-refractivity contribution >= 4 is 16.8 Å². The number of hydrogen-bond acceptors (Lipinski definition) is 4. The van der Waals surface area contributed by atoms with E-state index in [1.165, 1.54) is 25.7 Å². The van der Waals surface area contributed by atoms with Crippen LogP contribution in [-0.4, -0.2) is 22.5 Å². The first kappa shape index (κ1) is 14.4. The summed E-state index contributed by atoms with van der Waals surface area (Å²) >= 11 is 0. The third-order valence-corrected chi connectivity index (χ3v) is 4.24. The summed E-state index contributed by atoms with van der Waals surface area (Å²) < 4.78 is 5.89. The van der Waals surface area contributed by atoms with Crippen LogP contribution in [0.3, 0.4) is 0 Å². The molecule has 0 spiro atoms. The molecule has 0 bridgehead atoms. The third kappa shape index (κ3) is 3.38. The van der Waals surface area contributed by atoms with E-state index in [1.54, 1.807) is 0 Å². The van der Waals surface area contributed by atoms with Crippen molar-refractivity contribution in [1.29, 1.82) is 0 Å². The van der Waals surface area contributed by atoms with Crippen molar-refractivity contribution in [3.8, 4) is 0 Å². The SMILES string of the molecule is CC(C)CN(Cc1nc2ccc(N)cc2o1)C1CCCC1. The molecule has 1 heterocycles. The van der Waals surface area contributed by atoms with E-state index in [1.807, 2.05) is 18.2 Å². The number of oxazole rings is 1. The third-order valence-electron chi connectivity index (χ3n) is 4.24. The number of benzene rings is 1. The average Bonchev–Trinajstić information content (AvgIpc) is 3.05. The Morgan fingerprint density at radius 3 is 2.81 bits per heavy atom. The average molecular weight is 287 g/mol. The molecule has 4 heteroatoms. The first-order chi connectivity index (χ1) is 10.1. The topological polar surface area (TPSA) is 55.3 Å². The van der Waals surface area contributed by atoms with Crippen LogP contribution >= 0.6 is 0 Å². The molecule has 0 aliphatic heterocycles. The van der Waals surface area contributed by atoms with Crippen molar-refractivity contribution < 1.29 is 4.42 Å². The van der Waals surface area contributed by atoms with Gasteiger partial charge in [-0.2, -0.15) is 0 Å². The molecule has 4 nitrogen and oxygen atoms in total. The molecule has 0 atom stereocenters. The number of hydrogen-bond donors (Lipinski definition) is 1. The van der Waals surface area contributed by atoms with Gasteiger partial charge in [-0.1, -0.05) is 26.7 Å². The molecule has 1 fully saturated rings. The molecule has 0 saturated heterocycles. The summed E-state index contributed by atoms with van der Waals surface area (Å²) in [5.74, 6) is 1.47. The molecule has 2 N–H and O–H groups in total. The molecule has 114 valence electrons. The largest absolute Gasteiger partial charge is 0.439 e. The van der Waals surface area contributed by atoms with Crippen molar-refractivity contribution in [3.63, 3.8) is 0 Å². The fraction of sp³-hybridized carbons (Fsp3) is 0.588. The van der Waals surface area contributed by atoms with Gasteiger partial charge in [0.15, 0.2) is 5.58 Å². The maximum atomic E-state index is 5.89. The maximum absolute atomic E-state index is 5.89. The first-order valence-electron chi connectivity index (χ1n) is 8.01. The fourth-order valence-corrected chi connectivity index (χ4v) is 3.31. The molecule has 1 aliphatic carbocycles. The summed E-state index contributed by atoms with van der Waals surface area (Å²) in [6.07, 6.45) is 5.31. The molecule has 0 amide bonds. The minimum absolute atomic E-state index is 0.658. The van der Waals surface area contributed by atoms with Gasteiger partial charge in [0, 0.05) is 24.3 Å². The van der Waals surface area contributed by atoms with Gasteiger partial charge in [0.05, 0.1) is 6.54 Å². The summed E-state index contributed by atoms with van der Waals surface area (Å²) in [5.41, 5.74) is 8.21. The predicted molar refractivity (Wildman–Crippen MR) is 85.9 cm³/mol.